The second-order valence-electron chi connectivity index (χ2n) is 7.35. The number of aryl methyl sites for hydroxylation is 2. The lowest BCUT2D eigenvalue weighted by molar-refractivity contribution is -0.123. The predicted octanol–water partition coefficient (Wildman–Crippen LogP) is 2.70. The number of thiophene rings is 1. The topological polar surface area (TPSA) is 66.1 Å². The van der Waals surface area contributed by atoms with Crippen molar-refractivity contribution in [1.82, 2.24) is 9.47 Å². The zero-order chi connectivity index (χ0) is 21.3. The molecule has 0 saturated carbocycles. The molecule has 1 aliphatic rings. The zero-order valence-corrected chi connectivity index (χ0v) is 18.5. The molecular formula is C23H21N3O2S2. The van der Waals surface area contributed by atoms with Gasteiger partial charge in [-0.25, -0.2) is 0 Å². The van der Waals surface area contributed by atoms with Crippen molar-refractivity contribution in [2.75, 3.05) is 13.1 Å². The van der Waals surface area contributed by atoms with Gasteiger partial charge in [0.1, 0.15) is 10.7 Å². The van der Waals surface area contributed by atoms with Crippen molar-refractivity contribution in [1.29, 1.82) is 5.26 Å². The van der Waals surface area contributed by atoms with Gasteiger partial charge >= 0.3 is 0 Å². The van der Waals surface area contributed by atoms with Gasteiger partial charge in [-0.05, 0) is 61.4 Å². The molecule has 0 bridgehead atoms. The van der Waals surface area contributed by atoms with Crippen LogP contribution in [-0.2, 0) is 4.79 Å². The molecule has 1 fully saturated rings. The number of hydrogen-bond acceptors (Lipinski definition) is 5. The summed E-state index contributed by atoms with van der Waals surface area (Å²) in [4.78, 5) is 29.2. The highest BCUT2D eigenvalue weighted by molar-refractivity contribution is 7.11. The molecule has 3 heterocycles. The first-order chi connectivity index (χ1) is 14.5. The molecule has 0 aliphatic carbocycles. The Balaban J connectivity index is 2.06. The second kappa shape index (κ2) is 8.42. The summed E-state index contributed by atoms with van der Waals surface area (Å²) in [5.74, 6) is -0.294. The maximum Gasteiger partial charge on any atom is 0.273 e. The summed E-state index contributed by atoms with van der Waals surface area (Å²) >= 11 is 2.75. The van der Waals surface area contributed by atoms with Crippen LogP contribution in [0, 0.1) is 25.2 Å². The summed E-state index contributed by atoms with van der Waals surface area (Å²) in [5, 5.41) is 11.9. The van der Waals surface area contributed by atoms with Crippen LogP contribution < -0.4 is 14.8 Å². The number of carbonyl (C=O) groups is 1. The van der Waals surface area contributed by atoms with Gasteiger partial charge in [0.25, 0.3) is 11.5 Å². The van der Waals surface area contributed by atoms with Gasteiger partial charge in [0, 0.05) is 18.0 Å². The number of amides is 1. The monoisotopic (exact) mass is 435 g/mol. The Labute approximate surface area is 182 Å². The third kappa shape index (κ3) is 3.76. The van der Waals surface area contributed by atoms with Crippen molar-refractivity contribution in [2.24, 2.45) is 0 Å². The van der Waals surface area contributed by atoms with E-state index >= 15 is 0 Å². The molecule has 0 atom stereocenters. The molecule has 1 amide bonds. The summed E-state index contributed by atoms with van der Waals surface area (Å²) in [6.45, 7) is 5.19. The average Bonchev–Trinajstić information content (AvgIpc) is 3.48. The molecule has 4 rings (SSSR count). The number of thiazole rings is 1. The third-order valence-corrected chi connectivity index (χ3v) is 7.09. The molecule has 152 valence electrons. The standard InChI is InChI=1S/C23H21N3O2S2/c1-15-7-8-16(2)19(12-15)26-22(28)20(13-17-6-5-11-29-17)30-23(26)18(14-24)21(27)25-9-3-4-10-25/h5-8,11-13H,3-4,9-10H2,1-2H3. The van der Waals surface area contributed by atoms with E-state index in [1.165, 1.54) is 22.7 Å². The number of likely N-dealkylation sites (tertiary alicyclic amines) is 1. The van der Waals surface area contributed by atoms with Crippen molar-refractivity contribution in [2.45, 2.75) is 26.7 Å². The van der Waals surface area contributed by atoms with E-state index < -0.39 is 0 Å². The maximum atomic E-state index is 13.4. The van der Waals surface area contributed by atoms with Crippen molar-refractivity contribution < 1.29 is 4.79 Å². The van der Waals surface area contributed by atoms with E-state index in [2.05, 4.69) is 6.07 Å². The lowest BCUT2D eigenvalue weighted by atomic mass is 10.1. The summed E-state index contributed by atoms with van der Waals surface area (Å²) < 4.78 is 2.45. The molecule has 1 aromatic carbocycles. The van der Waals surface area contributed by atoms with Gasteiger partial charge in [-0.15, -0.1) is 22.7 Å². The first kappa shape index (κ1) is 20.3. The van der Waals surface area contributed by atoms with Gasteiger partial charge in [-0.2, -0.15) is 5.26 Å². The van der Waals surface area contributed by atoms with Crippen LogP contribution in [0.2, 0.25) is 0 Å². The highest BCUT2D eigenvalue weighted by atomic mass is 32.1. The van der Waals surface area contributed by atoms with Crippen molar-refractivity contribution >= 4 is 40.2 Å². The molecule has 7 heteroatoms. The van der Waals surface area contributed by atoms with Crippen LogP contribution in [0.15, 0.2) is 40.5 Å². The maximum absolute atomic E-state index is 13.4. The van der Waals surface area contributed by atoms with Crippen LogP contribution in [0.4, 0.5) is 0 Å². The fourth-order valence-electron chi connectivity index (χ4n) is 3.60. The molecule has 0 unspecified atom stereocenters. The van der Waals surface area contributed by atoms with Crippen LogP contribution in [0.5, 0.6) is 0 Å². The first-order valence-electron chi connectivity index (χ1n) is 9.78. The van der Waals surface area contributed by atoms with E-state index in [1.54, 1.807) is 9.47 Å². The lowest BCUT2D eigenvalue weighted by Crippen LogP contribution is -2.35. The van der Waals surface area contributed by atoms with Gasteiger partial charge in [-0.3, -0.25) is 14.2 Å². The normalized spacial score (nSPS) is 15.4. The highest BCUT2D eigenvalue weighted by Crippen LogP contribution is 2.15. The van der Waals surface area contributed by atoms with E-state index in [4.69, 9.17) is 0 Å². The Morgan fingerprint density at radius 2 is 1.97 bits per heavy atom. The quantitative estimate of drug-likeness (QED) is 0.635. The lowest BCUT2D eigenvalue weighted by Gasteiger charge is -2.14. The number of benzene rings is 1. The van der Waals surface area contributed by atoms with Crippen LogP contribution in [-0.4, -0.2) is 28.5 Å². The van der Waals surface area contributed by atoms with Crippen LogP contribution >= 0.6 is 22.7 Å². The van der Waals surface area contributed by atoms with Gasteiger partial charge in [0.05, 0.1) is 10.2 Å². The highest BCUT2D eigenvalue weighted by Gasteiger charge is 2.24. The Morgan fingerprint density at radius 3 is 2.63 bits per heavy atom. The summed E-state index contributed by atoms with van der Waals surface area (Å²) in [6.07, 6.45) is 3.71. The van der Waals surface area contributed by atoms with Crippen LogP contribution in [0.25, 0.3) is 17.3 Å². The molecule has 0 N–H and O–H groups in total. The fraction of sp³-hybridized carbons (Fsp3) is 0.261. The number of aromatic nitrogens is 1. The third-order valence-electron chi connectivity index (χ3n) is 5.18. The Hall–Kier alpha value is -2.95. The number of nitrogens with zero attached hydrogens (tertiary/aromatic N) is 3. The molecule has 0 radical (unpaired) electrons. The number of rotatable bonds is 3. The summed E-state index contributed by atoms with van der Waals surface area (Å²) in [5.41, 5.74) is 2.45. The SMILES string of the molecule is Cc1ccc(C)c(-n2c(=C(C#N)C(=O)N3CCCC3)sc(=Cc3cccs3)c2=O)c1. The van der Waals surface area contributed by atoms with Gasteiger partial charge in [0.2, 0.25) is 0 Å². The first-order valence-corrected chi connectivity index (χ1v) is 11.5. The van der Waals surface area contributed by atoms with Crippen LogP contribution in [0.1, 0.15) is 28.8 Å². The molecule has 0 spiro atoms. The number of hydrogen-bond donors (Lipinski definition) is 0. The van der Waals surface area contributed by atoms with Crippen molar-refractivity contribution in [3.8, 4) is 11.8 Å². The minimum atomic E-state index is -0.294. The second-order valence-corrected chi connectivity index (χ2v) is 9.36. The van der Waals surface area contributed by atoms with E-state index in [0.717, 1.165) is 28.8 Å². The van der Waals surface area contributed by atoms with E-state index in [0.29, 0.717) is 28.0 Å². The van der Waals surface area contributed by atoms with E-state index in [1.807, 2.05) is 55.6 Å². The molecule has 1 saturated heterocycles. The van der Waals surface area contributed by atoms with E-state index in [-0.39, 0.29) is 17.0 Å². The Bertz CT molecular complexity index is 1320. The molecule has 2 aromatic heterocycles. The molecular weight excluding hydrogens is 414 g/mol. The molecule has 5 nitrogen and oxygen atoms in total. The van der Waals surface area contributed by atoms with Gasteiger partial charge < -0.3 is 4.90 Å². The summed E-state index contributed by atoms with van der Waals surface area (Å²) in [7, 11) is 0. The fourth-order valence-corrected chi connectivity index (χ4v) is 5.41. The van der Waals surface area contributed by atoms with Gasteiger partial charge in [-0.1, -0.05) is 18.2 Å². The number of nitriles is 1. The van der Waals surface area contributed by atoms with Crippen molar-refractivity contribution in [3.05, 3.63) is 71.3 Å². The Kier molecular flexibility index (Phi) is 5.71. The molecule has 30 heavy (non-hydrogen) atoms. The van der Waals surface area contributed by atoms with Crippen LogP contribution in [0.3, 0.4) is 0 Å². The molecule has 1 aliphatic heterocycles. The summed E-state index contributed by atoms with van der Waals surface area (Å²) in [6, 6.07) is 11.8. The molecule has 3 aromatic rings. The zero-order valence-electron chi connectivity index (χ0n) is 16.8. The minimum absolute atomic E-state index is 0.0331. The van der Waals surface area contributed by atoms with Crippen molar-refractivity contribution in [3.63, 3.8) is 0 Å². The van der Waals surface area contributed by atoms with Gasteiger partial charge in [0.15, 0.2) is 5.57 Å². The smallest absolute Gasteiger partial charge is 0.273 e. The average molecular weight is 436 g/mol. The predicted molar refractivity (Wildman–Crippen MR) is 121 cm³/mol. The van der Waals surface area contributed by atoms with E-state index in [9.17, 15) is 14.9 Å². The number of carbonyl (C=O) groups excluding carboxylic acids is 1. The minimum Gasteiger partial charge on any atom is -0.338 e. The Morgan fingerprint density at radius 1 is 1.20 bits per heavy atom. The largest absolute Gasteiger partial charge is 0.338 e.